The van der Waals surface area contributed by atoms with E-state index in [0.29, 0.717) is 19.4 Å². The molecule has 1 aromatic rings. The Morgan fingerprint density at radius 2 is 1.57 bits per heavy atom. The van der Waals surface area contributed by atoms with Gasteiger partial charge in [0.25, 0.3) is 0 Å². The van der Waals surface area contributed by atoms with Crippen molar-refractivity contribution >= 4 is 30.1 Å². The Balaban J connectivity index is 2.23. The first-order valence-corrected chi connectivity index (χ1v) is 9.69. The van der Waals surface area contributed by atoms with E-state index < -0.39 is 30.4 Å². The second kappa shape index (κ2) is 14.6. The van der Waals surface area contributed by atoms with Gasteiger partial charge in [-0.1, -0.05) is 36.8 Å². The van der Waals surface area contributed by atoms with E-state index >= 15 is 0 Å². The van der Waals surface area contributed by atoms with Crippen molar-refractivity contribution in [3.05, 3.63) is 35.9 Å². The molecule has 0 spiro atoms. The van der Waals surface area contributed by atoms with Gasteiger partial charge in [-0.2, -0.15) is 0 Å². The summed E-state index contributed by atoms with van der Waals surface area (Å²) in [6, 6.07) is 7.76. The quantitative estimate of drug-likeness (QED) is 0.187. The van der Waals surface area contributed by atoms with E-state index in [2.05, 4.69) is 21.3 Å². The molecule has 0 saturated carbocycles. The molecule has 1 rings (SSSR count). The van der Waals surface area contributed by atoms with E-state index in [0.717, 1.165) is 18.4 Å². The minimum Gasteiger partial charge on any atom is -0.480 e. The standard InChI is InChI=1S/C20H28N4O6/c25-14-21-10-6-2-5-9-17(26)22-12-18(27)23-13-19(28)24-16(20(29)30)11-15-7-3-1-4-8-15/h1,3-4,7-8,14,16H,2,5-6,9-13H2,(H,21,25)(H,22,26)(H,23,27)(H,24,28)(H,29,30). The fourth-order valence-corrected chi connectivity index (χ4v) is 2.55. The molecule has 0 fully saturated rings. The Bertz CT molecular complexity index is 711. The van der Waals surface area contributed by atoms with Gasteiger partial charge in [0.05, 0.1) is 13.1 Å². The summed E-state index contributed by atoms with van der Waals surface area (Å²) < 4.78 is 0. The largest absolute Gasteiger partial charge is 0.480 e. The first kappa shape index (κ1) is 24.6. The van der Waals surface area contributed by atoms with Crippen LogP contribution in [-0.4, -0.2) is 60.9 Å². The number of aliphatic carboxylic acids is 1. The van der Waals surface area contributed by atoms with Gasteiger partial charge in [0.2, 0.25) is 24.1 Å². The van der Waals surface area contributed by atoms with Crippen LogP contribution in [0.1, 0.15) is 31.2 Å². The summed E-state index contributed by atoms with van der Waals surface area (Å²) in [5.74, 6) is -2.65. The molecule has 1 atom stereocenters. The zero-order chi connectivity index (χ0) is 22.2. The lowest BCUT2D eigenvalue weighted by Crippen LogP contribution is -2.47. The van der Waals surface area contributed by atoms with Gasteiger partial charge in [0, 0.05) is 19.4 Å². The number of carbonyl (C=O) groups excluding carboxylic acids is 4. The lowest BCUT2D eigenvalue weighted by Gasteiger charge is -2.15. The van der Waals surface area contributed by atoms with Gasteiger partial charge in [-0.05, 0) is 18.4 Å². The predicted molar refractivity (Wildman–Crippen MR) is 108 cm³/mol. The molecule has 0 aromatic heterocycles. The van der Waals surface area contributed by atoms with Crippen molar-refractivity contribution in [2.45, 2.75) is 38.1 Å². The van der Waals surface area contributed by atoms with E-state index in [-0.39, 0.29) is 25.3 Å². The van der Waals surface area contributed by atoms with Gasteiger partial charge in [-0.15, -0.1) is 0 Å². The molecular formula is C20H28N4O6. The fourth-order valence-electron chi connectivity index (χ4n) is 2.55. The van der Waals surface area contributed by atoms with Crippen molar-refractivity contribution in [2.75, 3.05) is 19.6 Å². The predicted octanol–water partition coefficient (Wildman–Crippen LogP) is -0.663. The SMILES string of the molecule is O=CNCCCCCC(=O)NCC(=O)NCC(=O)NC(Cc1ccccc1)C(=O)O. The van der Waals surface area contributed by atoms with Crippen LogP contribution < -0.4 is 21.3 Å². The lowest BCUT2D eigenvalue weighted by molar-refractivity contribution is -0.141. The van der Waals surface area contributed by atoms with E-state index in [1.165, 1.54) is 0 Å². The molecule has 10 nitrogen and oxygen atoms in total. The molecule has 0 heterocycles. The molecular weight excluding hydrogens is 392 g/mol. The Labute approximate surface area is 174 Å². The number of nitrogens with one attached hydrogen (secondary N) is 4. The highest BCUT2D eigenvalue weighted by molar-refractivity contribution is 5.89. The fraction of sp³-hybridized carbons (Fsp3) is 0.450. The van der Waals surface area contributed by atoms with Crippen molar-refractivity contribution in [1.82, 2.24) is 21.3 Å². The Morgan fingerprint density at radius 1 is 0.900 bits per heavy atom. The molecule has 5 N–H and O–H groups in total. The molecule has 1 unspecified atom stereocenters. The van der Waals surface area contributed by atoms with E-state index in [4.69, 9.17) is 0 Å². The van der Waals surface area contributed by atoms with Gasteiger partial charge in [-0.3, -0.25) is 19.2 Å². The maximum atomic E-state index is 11.9. The van der Waals surface area contributed by atoms with Crippen LogP contribution in [0.2, 0.25) is 0 Å². The van der Waals surface area contributed by atoms with Crippen LogP contribution >= 0.6 is 0 Å². The smallest absolute Gasteiger partial charge is 0.326 e. The third-order valence-corrected chi connectivity index (χ3v) is 4.12. The van der Waals surface area contributed by atoms with Crippen LogP contribution in [-0.2, 0) is 30.4 Å². The minimum atomic E-state index is -1.17. The number of carbonyl (C=O) groups is 5. The minimum absolute atomic E-state index is 0.122. The van der Waals surface area contributed by atoms with Crippen molar-refractivity contribution in [3.63, 3.8) is 0 Å². The molecule has 0 aliphatic heterocycles. The summed E-state index contributed by atoms with van der Waals surface area (Å²) in [7, 11) is 0. The second-order valence-electron chi connectivity index (χ2n) is 6.58. The first-order chi connectivity index (χ1) is 14.4. The maximum absolute atomic E-state index is 11.9. The van der Waals surface area contributed by atoms with Crippen molar-refractivity contribution < 1.29 is 29.1 Å². The number of amides is 4. The van der Waals surface area contributed by atoms with E-state index in [9.17, 15) is 29.1 Å². The monoisotopic (exact) mass is 420 g/mol. The molecule has 0 bridgehead atoms. The van der Waals surface area contributed by atoms with Crippen LogP contribution in [0.4, 0.5) is 0 Å². The third kappa shape index (κ3) is 11.4. The van der Waals surface area contributed by atoms with E-state index in [1.807, 2.05) is 0 Å². The zero-order valence-corrected chi connectivity index (χ0v) is 16.7. The van der Waals surface area contributed by atoms with Gasteiger partial charge >= 0.3 is 5.97 Å². The summed E-state index contributed by atoms with van der Waals surface area (Å²) in [4.78, 5) is 56.8. The zero-order valence-electron chi connectivity index (χ0n) is 16.7. The Hall–Kier alpha value is -3.43. The summed E-state index contributed by atoms with van der Waals surface area (Å²) in [5.41, 5.74) is 0.761. The number of benzene rings is 1. The van der Waals surface area contributed by atoms with Gasteiger partial charge in [0.1, 0.15) is 6.04 Å². The van der Waals surface area contributed by atoms with Gasteiger partial charge in [0.15, 0.2) is 0 Å². The average molecular weight is 420 g/mol. The summed E-state index contributed by atoms with van der Waals surface area (Å²) in [6.45, 7) is -0.105. The molecule has 30 heavy (non-hydrogen) atoms. The summed E-state index contributed by atoms with van der Waals surface area (Å²) in [6.07, 6.45) is 3.18. The first-order valence-electron chi connectivity index (χ1n) is 9.69. The highest BCUT2D eigenvalue weighted by Gasteiger charge is 2.20. The molecule has 164 valence electrons. The van der Waals surface area contributed by atoms with Crippen molar-refractivity contribution in [2.24, 2.45) is 0 Å². The highest BCUT2D eigenvalue weighted by atomic mass is 16.4. The second-order valence-corrected chi connectivity index (χ2v) is 6.58. The van der Waals surface area contributed by atoms with Crippen molar-refractivity contribution in [3.8, 4) is 0 Å². The number of carboxylic acids is 1. The molecule has 0 radical (unpaired) electrons. The molecule has 4 amide bonds. The molecule has 0 saturated heterocycles. The van der Waals surface area contributed by atoms with E-state index in [1.54, 1.807) is 30.3 Å². The number of carboxylic acid groups (broad SMARTS) is 1. The van der Waals surface area contributed by atoms with Crippen LogP contribution in [0.25, 0.3) is 0 Å². The summed E-state index contributed by atoms with van der Waals surface area (Å²) >= 11 is 0. The normalized spacial score (nSPS) is 11.1. The van der Waals surface area contributed by atoms with Gasteiger partial charge < -0.3 is 26.4 Å². The van der Waals surface area contributed by atoms with Crippen LogP contribution in [0, 0.1) is 0 Å². The molecule has 10 heteroatoms. The Morgan fingerprint density at radius 3 is 2.23 bits per heavy atom. The molecule has 0 aliphatic carbocycles. The number of hydrogen-bond donors (Lipinski definition) is 5. The number of hydrogen-bond acceptors (Lipinski definition) is 5. The molecule has 1 aromatic carbocycles. The summed E-state index contributed by atoms with van der Waals surface area (Å²) in [5, 5.41) is 19.0. The lowest BCUT2D eigenvalue weighted by atomic mass is 10.1. The van der Waals surface area contributed by atoms with Gasteiger partial charge in [-0.25, -0.2) is 4.79 Å². The number of unbranched alkanes of at least 4 members (excludes halogenated alkanes) is 2. The van der Waals surface area contributed by atoms with Crippen molar-refractivity contribution in [1.29, 1.82) is 0 Å². The van der Waals surface area contributed by atoms with Crippen LogP contribution in [0.3, 0.4) is 0 Å². The maximum Gasteiger partial charge on any atom is 0.326 e. The number of rotatable bonds is 15. The van der Waals surface area contributed by atoms with Crippen LogP contribution in [0.5, 0.6) is 0 Å². The highest BCUT2D eigenvalue weighted by Crippen LogP contribution is 2.03. The van der Waals surface area contributed by atoms with Crippen LogP contribution in [0.15, 0.2) is 30.3 Å². The Kier molecular flexibility index (Phi) is 11.9. The topological polar surface area (TPSA) is 154 Å². The average Bonchev–Trinajstić information content (AvgIpc) is 2.73. The molecule has 0 aliphatic rings. The third-order valence-electron chi connectivity index (χ3n) is 4.12.